The van der Waals surface area contributed by atoms with E-state index in [1.165, 1.54) is 29.2 Å². The first-order valence-corrected chi connectivity index (χ1v) is 4.86. The third-order valence-corrected chi connectivity index (χ3v) is 3.23. The smallest absolute Gasteiger partial charge is 0.337 e. The molecule has 0 unspecified atom stereocenters. The predicted molar refractivity (Wildman–Crippen MR) is 47.5 cm³/mol. The van der Waals surface area contributed by atoms with E-state index in [4.69, 9.17) is 10.8 Å². The molecule has 0 fully saturated rings. The SMILES string of the molecule is CSc1sc(N)cc1C(=O)O. The van der Waals surface area contributed by atoms with E-state index in [0.29, 0.717) is 10.6 Å². The Balaban J connectivity index is 3.12. The second kappa shape index (κ2) is 3.15. The number of nitrogens with two attached hydrogens (primary N) is 1. The molecule has 0 bridgehead atoms. The van der Waals surface area contributed by atoms with Gasteiger partial charge in [0.15, 0.2) is 0 Å². The van der Waals surface area contributed by atoms with Crippen molar-refractivity contribution >= 4 is 34.1 Å². The number of anilines is 1. The molecule has 1 heterocycles. The van der Waals surface area contributed by atoms with Gasteiger partial charge in [0.2, 0.25) is 0 Å². The number of hydrogen-bond donors (Lipinski definition) is 2. The first-order chi connectivity index (χ1) is 5.15. The van der Waals surface area contributed by atoms with Gasteiger partial charge in [-0.05, 0) is 12.3 Å². The summed E-state index contributed by atoms with van der Waals surface area (Å²) >= 11 is 2.70. The summed E-state index contributed by atoms with van der Waals surface area (Å²) in [5.41, 5.74) is 5.74. The van der Waals surface area contributed by atoms with Crippen molar-refractivity contribution in [2.45, 2.75) is 4.21 Å². The van der Waals surface area contributed by atoms with Crippen LogP contribution in [0.3, 0.4) is 0 Å². The van der Waals surface area contributed by atoms with Crippen molar-refractivity contribution < 1.29 is 9.90 Å². The highest BCUT2D eigenvalue weighted by molar-refractivity contribution is 8.00. The second-order valence-electron chi connectivity index (χ2n) is 1.86. The maximum absolute atomic E-state index is 10.5. The Bertz CT molecular complexity index is 282. The average Bonchev–Trinajstić information content (AvgIpc) is 2.30. The van der Waals surface area contributed by atoms with Crippen LogP contribution in [0, 0.1) is 0 Å². The van der Waals surface area contributed by atoms with Crippen molar-refractivity contribution in [3.63, 3.8) is 0 Å². The van der Waals surface area contributed by atoms with Crippen LogP contribution in [0.25, 0.3) is 0 Å². The molecule has 11 heavy (non-hydrogen) atoms. The summed E-state index contributed by atoms with van der Waals surface area (Å²) in [5, 5.41) is 9.20. The van der Waals surface area contributed by atoms with Crippen LogP contribution in [0.15, 0.2) is 10.3 Å². The van der Waals surface area contributed by atoms with E-state index in [2.05, 4.69) is 0 Å². The summed E-state index contributed by atoms with van der Waals surface area (Å²) in [7, 11) is 0. The van der Waals surface area contributed by atoms with Crippen LogP contribution in [0.5, 0.6) is 0 Å². The van der Waals surface area contributed by atoms with Crippen molar-refractivity contribution in [2.24, 2.45) is 0 Å². The lowest BCUT2D eigenvalue weighted by molar-refractivity contribution is 0.0694. The van der Waals surface area contributed by atoms with Crippen LogP contribution in [-0.2, 0) is 0 Å². The molecule has 0 aliphatic rings. The molecule has 5 heteroatoms. The Morgan fingerprint density at radius 1 is 1.82 bits per heavy atom. The van der Waals surface area contributed by atoms with E-state index >= 15 is 0 Å². The van der Waals surface area contributed by atoms with E-state index in [1.54, 1.807) is 0 Å². The van der Waals surface area contributed by atoms with Crippen LogP contribution in [0.4, 0.5) is 5.00 Å². The minimum atomic E-state index is -0.915. The van der Waals surface area contributed by atoms with Gasteiger partial charge in [0.25, 0.3) is 0 Å². The standard InChI is InChI=1S/C6H7NO2S2/c1-10-6-3(5(8)9)2-4(7)11-6/h2H,7H2,1H3,(H,8,9). The first kappa shape index (κ1) is 8.42. The van der Waals surface area contributed by atoms with Crippen LogP contribution in [-0.4, -0.2) is 17.3 Å². The number of nitrogen functional groups attached to an aromatic ring is 1. The van der Waals surface area contributed by atoms with Crippen molar-refractivity contribution in [3.8, 4) is 0 Å². The molecule has 3 N–H and O–H groups in total. The molecule has 1 aromatic rings. The Morgan fingerprint density at radius 2 is 2.45 bits per heavy atom. The fraction of sp³-hybridized carbons (Fsp3) is 0.167. The number of thiophene rings is 1. The van der Waals surface area contributed by atoms with Gasteiger partial charge in [0.05, 0.1) is 14.8 Å². The zero-order chi connectivity index (χ0) is 8.43. The maximum atomic E-state index is 10.5. The second-order valence-corrected chi connectivity index (χ2v) is 4.02. The summed E-state index contributed by atoms with van der Waals surface area (Å²) in [6, 6.07) is 1.48. The van der Waals surface area contributed by atoms with Gasteiger partial charge in [0, 0.05) is 0 Å². The van der Waals surface area contributed by atoms with Crippen LogP contribution < -0.4 is 5.73 Å². The number of aromatic carboxylic acids is 1. The molecule has 0 aliphatic heterocycles. The zero-order valence-electron chi connectivity index (χ0n) is 5.83. The third-order valence-electron chi connectivity index (χ3n) is 1.13. The Kier molecular flexibility index (Phi) is 2.41. The normalized spacial score (nSPS) is 9.91. The van der Waals surface area contributed by atoms with Crippen LogP contribution >= 0.6 is 23.1 Å². The van der Waals surface area contributed by atoms with Crippen molar-refractivity contribution in [1.82, 2.24) is 0 Å². The highest BCUT2D eigenvalue weighted by Gasteiger charge is 2.12. The van der Waals surface area contributed by atoms with Gasteiger partial charge < -0.3 is 10.8 Å². The van der Waals surface area contributed by atoms with E-state index in [0.717, 1.165) is 4.21 Å². The van der Waals surface area contributed by atoms with Gasteiger partial charge in [-0.15, -0.1) is 23.1 Å². The lowest BCUT2D eigenvalue weighted by atomic mass is 10.3. The summed E-state index contributed by atoms with van der Waals surface area (Å²) in [4.78, 5) is 10.5. The molecule has 1 rings (SSSR count). The average molecular weight is 189 g/mol. The van der Waals surface area contributed by atoms with Gasteiger partial charge in [-0.25, -0.2) is 4.79 Å². The fourth-order valence-electron chi connectivity index (χ4n) is 0.693. The summed E-state index contributed by atoms with van der Waals surface area (Å²) in [6.07, 6.45) is 1.83. The van der Waals surface area contributed by atoms with Crippen molar-refractivity contribution in [1.29, 1.82) is 0 Å². The Morgan fingerprint density at radius 3 is 2.82 bits per heavy atom. The number of hydrogen-bond acceptors (Lipinski definition) is 4. The third kappa shape index (κ3) is 1.66. The van der Waals surface area contributed by atoms with Crippen LogP contribution in [0.2, 0.25) is 0 Å². The van der Waals surface area contributed by atoms with Gasteiger partial charge >= 0.3 is 5.97 Å². The van der Waals surface area contributed by atoms with Crippen LogP contribution in [0.1, 0.15) is 10.4 Å². The van der Waals surface area contributed by atoms with Gasteiger partial charge in [0.1, 0.15) is 0 Å². The molecule has 0 amide bonds. The highest BCUT2D eigenvalue weighted by atomic mass is 32.2. The summed E-state index contributed by atoms with van der Waals surface area (Å²) < 4.78 is 0.759. The maximum Gasteiger partial charge on any atom is 0.337 e. The monoisotopic (exact) mass is 189 g/mol. The lowest BCUT2D eigenvalue weighted by Gasteiger charge is -1.90. The molecule has 0 saturated carbocycles. The number of carboxylic acids is 1. The van der Waals surface area contributed by atoms with Crippen molar-refractivity contribution in [2.75, 3.05) is 12.0 Å². The topological polar surface area (TPSA) is 63.3 Å². The van der Waals surface area contributed by atoms with Crippen molar-refractivity contribution in [3.05, 3.63) is 11.6 Å². The lowest BCUT2D eigenvalue weighted by Crippen LogP contribution is -1.94. The number of thioether (sulfide) groups is 1. The first-order valence-electron chi connectivity index (χ1n) is 2.81. The molecule has 0 atom stereocenters. The molecule has 1 aromatic heterocycles. The molecule has 0 saturated heterocycles. The molecule has 0 radical (unpaired) electrons. The molecule has 0 aliphatic carbocycles. The largest absolute Gasteiger partial charge is 0.478 e. The molecular formula is C6H7NO2S2. The molecule has 3 nitrogen and oxygen atoms in total. The van der Waals surface area contributed by atoms with E-state index in [9.17, 15) is 4.79 Å². The van der Waals surface area contributed by atoms with Gasteiger partial charge in [-0.1, -0.05) is 0 Å². The Hall–Kier alpha value is -0.680. The summed E-state index contributed by atoms with van der Waals surface area (Å²) in [6.45, 7) is 0. The van der Waals surface area contributed by atoms with E-state index < -0.39 is 5.97 Å². The minimum absolute atomic E-state index is 0.306. The molecule has 0 aromatic carbocycles. The predicted octanol–water partition coefficient (Wildman–Crippen LogP) is 1.75. The van der Waals surface area contributed by atoms with Gasteiger partial charge in [-0.3, -0.25) is 0 Å². The minimum Gasteiger partial charge on any atom is -0.478 e. The number of carbonyl (C=O) groups is 1. The van der Waals surface area contributed by atoms with E-state index in [-0.39, 0.29) is 0 Å². The van der Waals surface area contributed by atoms with Gasteiger partial charge in [-0.2, -0.15) is 0 Å². The zero-order valence-corrected chi connectivity index (χ0v) is 7.46. The quantitative estimate of drug-likeness (QED) is 0.696. The number of rotatable bonds is 2. The molecular weight excluding hydrogens is 182 g/mol. The fourth-order valence-corrected chi connectivity index (χ4v) is 2.33. The highest BCUT2D eigenvalue weighted by Crippen LogP contribution is 2.31. The Labute approximate surface area is 72.2 Å². The summed E-state index contributed by atoms with van der Waals surface area (Å²) in [5.74, 6) is -0.915. The molecule has 60 valence electrons. The van der Waals surface area contributed by atoms with E-state index in [1.807, 2.05) is 6.26 Å². The molecule has 0 spiro atoms. The number of carboxylic acid groups (broad SMARTS) is 1.